The van der Waals surface area contributed by atoms with Crippen molar-refractivity contribution in [3.8, 4) is 0 Å². The van der Waals surface area contributed by atoms with Crippen LogP contribution in [-0.4, -0.2) is 28.1 Å². The Labute approximate surface area is 110 Å². The highest BCUT2D eigenvalue weighted by atomic mass is 16.4. The Morgan fingerprint density at radius 1 is 1.16 bits per heavy atom. The van der Waals surface area contributed by atoms with Crippen LogP contribution in [0.1, 0.15) is 30.1 Å². The average Bonchev–Trinajstić information content (AvgIpc) is 2.36. The molecule has 0 fully saturated rings. The first-order valence-corrected chi connectivity index (χ1v) is 5.76. The molecular formula is C13H15NO5. The molecule has 1 rings (SSSR count). The first kappa shape index (κ1) is 14.7. The van der Waals surface area contributed by atoms with Gasteiger partial charge in [-0.25, -0.2) is 4.79 Å². The van der Waals surface area contributed by atoms with Gasteiger partial charge in [0.25, 0.3) is 0 Å². The second kappa shape index (κ2) is 6.53. The van der Waals surface area contributed by atoms with Crippen molar-refractivity contribution in [2.45, 2.75) is 19.8 Å². The van der Waals surface area contributed by atoms with E-state index in [0.717, 1.165) is 0 Å². The summed E-state index contributed by atoms with van der Waals surface area (Å²) in [5.74, 6) is -2.83. The average molecular weight is 265 g/mol. The van der Waals surface area contributed by atoms with Crippen LogP contribution in [0.5, 0.6) is 0 Å². The molecular weight excluding hydrogens is 250 g/mol. The topological polar surface area (TPSA) is 104 Å². The summed E-state index contributed by atoms with van der Waals surface area (Å²) in [7, 11) is 0. The van der Waals surface area contributed by atoms with E-state index in [1.165, 1.54) is 31.2 Å². The van der Waals surface area contributed by atoms with E-state index in [2.05, 4.69) is 5.32 Å². The van der Waals surface area contributed by atoms with Crippen molar-refractivity contribution in [1.82, 2.24) is 0 Å². The molecule has 0 heterocycles. The van der Waals surface area contributed by atoms with Crippen molar-refractivity contribution in [3.05, 3.63) is 29.8 Å². The number of hydrogen-bond acceptors (Lipinski definition) is 3. The van der Waals surface area contributed by atoms with Gasteiger partial charge in [0.05, 0.1) is 11.5 Å². The Morgan fingerprint density at radius 2 is 1.74 bits per heavy atom. The third-order valence-corrected chi connectivity index (χ3v) is 2.64. The Morgan fingerprint density at radius 3 is 2.21 bits per heavy atom. The Bertz CT molecular complexity index is 480. The molecule has 0 aliphatic rings. The minimum absolute atomic E-state index is 0.105. The van der Waals surface area contributed by atoms with Crippen LogP contribution < -0.4 is 5.32 Å². The predicted molar refractivity (Wildman–Crippen MR) is 68.1 cm³/mol. The highest BCUT2D eigenvalue weighted by Crippen LogP contribution is 2.11. The summed E-state index contributed by atoms with van der Waals surface area (Å²) < 4.78 is 0. The molecule has 0 radical (unpaired) electrons. The summed E-state index contributed by atoms with van der Waals surface area (Å²) in [6.07, 6.45) is 0.364. The van der Waals surface area contributed by atoms with Crippen LogP contribution in [0.3, 0.4) is 0 Å². The quantitative estimate of drug-likeness (QED) is 0.727. The molecule has 0 aliphatic carbocycles. The molecule has 0 aromatic heterocycles. The number of aromatic carboxylic acids is 1. The lowest BCUT2D eigenvalue weighted by Gasteiger charge is -2.07. The third-order valence-electron chi connectivity index (χ3n) is 2.64. The molecule has 0 aliphatic heterocycles. The van der Waals surface area contributed by atoms with Crippen molar-refractivity contribution in [2.24, 2.45) is 5.92 Å². The second-order valence-electron chi connectivity index (χ2n) is 4.21. The number of aliphatic carboxylic acids is 1. The first-order chi connectivity index (χ1) is 8.90. The van der Waals surface area contributed by atoms with Crippen molar-refractivity contribution in [3.63, 3.8) is 0 Å². The van der Waals surface area contributed by atoms with Crippen LogP contribution in [0, 0.1) is 5.92 Å². The molecule has 3 N–H and O–H groups in total. The van der Waals surface area contributed by atoms with E-state index in [1.54, 1.807) is 0 Å². The monoisotopic (exact) mass is 265 g/mol. The molecule has 102 valence electrons. The fourth-order valence-corrected chi connectivity index (χ4v) is 1.39. The van der Waals surface area contributed by atoms with E-state index in [9.17, 15) is 14.4 Å². The molecule has 1 aromatic rings. The summed E-state index contributed by atoms with van der Waals surface area (Å²) in [6.45, 7) is 1.54. The van der Waals surface area contributed by atoms with E-state index in [0.29, 0.717) is 5.69 Å². The van der Waals surface area contributed by atoms with Gasteiger partial charge in [-0.05, 0) is 30.7 Å². The highest BCUT2D eigenvalue weighted by Gasteiger charge is 2.13. The lowest BCUT2D eigenvalue weighted by Crippen LogP contribution is -2.16. The van der Waals surface area contributed by atoms with Crippen LogP contribution in [0.4, 0.5) is 5.69 Å². The van der Waals surface area contributed by atoms with Crippen LogP contribution in [0.2, 0.25) is 0 Å². The fourth-order valence-electron chi connectivity index (χ4n) is 1.39. The summed E-state index contributed by atoms with van der Waals surface area (Å²) in [5, 5.41) is 20.0. The van der Waals surface area contributed by atoms with Gasteiger partial charge in [-0.3, -0.25) is 9.59 Å². The molecule has 1 aromatic carbocycles. The first-order valence-electron chi connectivity index (χ1n) is 5.76. The number of nitrogens with one attached hydrogen (secondary N) is 1. The van der Waals surface area contributed by atoms with E-state index < -0.39 is 17.9 Å². The van der Waals surface area contributed by atoms with Crippen molar-refractivity contribution >= 4 is 23.5 Å². The molecule has 0 spiro atoms. The number of benzene rings is 1. The lowest BCUT2D eigenvalue weighted by atomic mass is 10.1. The summed E-state index contributed by atoms with van der Waals surface area (Å²) in [5.41, 5.74) is 0.621. The Kier molecular flexibility index (Phi) is 5.05. The van der Waals surface area contributed by atoms with Gasteiger partial charge in [0, 0.05) is 12.1 Å². The van der Waals surface area contributed by atoms with E-state index >= 15 is 0 Å². The summed E-state index contributed by atoms with van der Waals surface area (Å²) in [6, 6.07) is 5.75. The number of amides is 1. The number of anilines is 1. The molecule has 6 nitrogen and oxygen atoms in total. The van der Waals surface area contributed by atoms with E-state index in [-0.39, 0.29) is 24.3 Å². The standard InChI is InChI=1S/C13H15NO5/c1-8(12(16)17)2-7-11(15)14-10-5-3-9(4-6-10)13(18)19/h3-6,8H,2,7H2,1H3,(H,14,15)(H,16,17)(H,18,19)/t8-/m1/s1. The zero-order chi connectivity index (χ0) is 14.4. The molecule has 19 heavy (non-hydrogen) atoms. The van der Waals surface area contributed by atoms with E-state index in [4.69, 9.17) is 10.2 Å². The summed E-state index contributed by atoms with van der Waals surface area (Å²) in [4.78, 5) is 32.8. The fraction of sp³-hybridized carbons (Fsp3) is 0.308. The van der Waals surface area contributed by atoms with Crippen molar-refractivity contribution in [1.29, 1.82) is 0 Å². The minimum atomic E-state index is -1.03. The number of rotatable bonds is 6. The van der Waals surface area contributed by atoms with Crippen LogP contribution >= 0.6 is 0 Å². The maximum absolute atomic E-state index is 11.5. The molecule has 6 heteroatoms. The van der Waals surface area contributed by atoms with Gasteiger partial charge in [0.15, 0.2) is 0 Å². The number of carboxylic acid groups (broad SMARTS) is 2. The SMILES string of the molecule is C[C@H](CCC(=O)Nc1ccc(C(=O)O)cc1)C(=O)O. The molecule has 0 unspecified atom stereocenters. The number of hydrogen-bond donors (Lipinski definition) is 3. The molecule has 0 saturated heterocycles. The lowest BCUT2D eigenvalue weighted by molar-refractivity contribution is -0.141. The van der Waals surface area contributed by atoms with Gasteiger partial charge < -0.3 is 15.5 Å². The Balaban J connectivity index is 2.48. The zero-order valence-electron chi connectivity index (χ0n) is 10.4. The number of carbonyl (C=O) groups excluding carboxylic acids is 1. The van der Waals surface area contributed by atoms with Crippen molar-refractivity contribution in [2.75, 3.05) is 5.32 Å². The second-order valence-corrected chi connectivity index (χ2v) is 4.21. The minimum Gasteiger partial charge on any atom is -0.481 e. The molecule has 0 bridgehead atoms. The van der Waals surface area contributed by atoms with Gasteiger partial charge >= 0.3 is 11.9 Å². The van der Waals surface area contributed by atoms with Crippen LogP contribution in [0.15, 0.2) is 24.3 Å². The van der Waals surface area contributed by atoms with Crippen LogP contribution in [0.25, 0.3) is 0 Å². The number of carboxylic acids is 2. The summed E-state index contributed by atoms with van der Waals surface area (Å²) >= 11 is 0. The van der Waals surface area contributed by atoms with Gasteiger partial charge in [0.2, 0.25) is 5.91 Å². The van der Waals surface area contributed by atoms with E-state index in [1.807, 2.05) is 0 Å². The number of carbonyl (C=O) groups is 3. The largest absolute Gasteiger partial charge is 0.481 e. The van der Waals surface area contributed by atoms with Gasteiger partial charge in [-0.15, -0.1) is 0 Å². The van der Waals surface area contributed by atoms with Gasteiger partial charge in [-0.1, -0.05) is 6.92 Å². The maximum atomic E-state index is 11.5. The smallest absolute Gasteiger partial charge is 0.335 e. The zero-order valence-corrected chi connectivity index (χ0v) is 10.4. The van der Waals surface area contributed by atoms with Gasteiger partial charge in [0.1, 0.15) is 0 Å². The predicted octanol–water partition coefficient (Wildman–Crippen LogP) is 1.82. The Hall–Kier alpha value is -2.37. The highest BCUT2D eigenvalue weighted by molar-refractivity contribution is 5.92. The molecule has 0 saturated carbocycles. The third kappa shape index (κ3) is 4.79. The van der Waals surface area contributed by atoms with Gasteiger partial charge in [-0.2, -0.15) is 0 Å². The normalized spacial score (nSPS) is 11.6. The van der Waals surface area contributed by atoms with Crippen molar-refractivity contribution < 1.29 is 24.6 Å². The molecule has 1 atom stereocenters. The van der Waals surface area contributed by atoms with Crippen LogP contribution in [-0.2, 0) is 9.59 Å². The maximum Gasteiger partial charge on any atom is 0.335 e. The molecule has 1 amide bonds.